The molecule has 1 aliphatic heterocycles. The van der Waals surface area contributed by atoms with E-state index in [0.29, 0.717) is 11.8 Å². The van der Waals surface area contributed by atoms with Gasteiger partial charge in [0.1, 0.15) is 5.82 Å². The maximum atomic E-state index is 13.1. The van der Waals surface area contributed by atoms with Crippen LogP contribution in [0.4, 0.5) is 20.6 Å². The maximum Gasteiger partial charge on any atom is 0.319 e. The van der Waals surface area contributed by atoms with E-state index in [9.17, 15) is 9.18 Å². The number of thiazole rings is 1. The van der Waals surface area contributed by atoms with Crippen LogP contribution >= 0.6 is 11.3 Å². The van der Waals surface area contributed by atoms with Crippen molar-refractivity contribution in [3.05, 3.63) is 64.7 Å². The second kappa shape index (κ2) is 7.15. The Morgan fingerprint density at radius 2 is 1.93 bits per heavy atom. The van der Waals surface area contributed by atoms with Crippen molar-refractivity contribution in [3.63, 3.8) is 0 Å². The molecule has 7 heteroatoms. The van der Waals surface area contributed by atoms with Gasteiger partial charge in [-0.2, -0.15) is 0 Å². The van der Waals surface area contributed by atoms with Gasteiger partial charge in [-0.15, -0.1) is 11.3 Å². The minimum Gasteiger partial charge on any atom is -0.371 e. The number of benzene rings is 2. The van der Waals surface area contributed by atoms with Gasteiger partial charge in [0.2, 0.25) is 0 Å². The average Bonchev–Trinajstić information content (AvgIpc) is 3.05. The summed E-state index contributed by atoms with van der Waals surface area (Å²) in [7, 11) is 0. The molecule has 1 aromatic heterocycles. The van der Waals surface area contributed by atoms with E-state index >= 15 is 0 Å². The number of nitrogens with one attached hydrogen (secondary N) is 2. The Hall–Kier alpha value is -2.93. The standard InChI is InChI=1S/C22H21FN4OS/c1-13-24-20(12-29-13)14-3-2-4-16(9-14)25-22(28)26-21-18-10-27(11-19(18)21)17-7-5-15(23)6-8-17/h2-9,12,18-19,21H,10-11H2,1H3,(H2,25,26,28)/t18-,19+,21+. The number of aromatic nitrogens is 1. The summed E-state index contributed by atoms with van der Waals surface area (Å²) < 4.78 is 13.1. The number of fused-ring (bicyclic) bond motifs is 1. The van der Waals surface area contributed by atoms with Crippen LogP contribution in [0, 0.1) is 24.6 Å². The highest BCUT2D eigenvalue weighted by atomic mass is 32.1. The quantitative estimate of drug-likeness (QED) is 0.668. The molecule has 2 aromatic carbocycles. The molecule has 3 atom stereocenters. The van der Waals surface area contributed by atoms with Crippen molar-refractivity contribution >= 4 is 28.7 Å². The molecule has 5 rings (SSSR count). The van der Waals surface area contributed by atoms with E-state index < -0.39 is 0 Å². The molecule has 2 heterocycles. The second-order valence-corrected chi connectivity index (χ2v) is 8.73. The number of halogens is 1. The van der Waals surface area contributed by atoms with Crippen LogP contribution in [0.15, 0.2) is 53.9 Å². The lowest BCUT2D eigenvalue weighted by atomic mass is 10.1. The van der Waals surface area contributed by atoms with Crippen LogP contribution in [0.2, 0.25) is 0 Å². The molecular weight excluding hydrogens is 387 g/mol. The van der Waals surface area contributed by atoms with Crippen molar-refractivity contribution in [2.24, 2.45) is 11.8 Å². The zero-order chi connectivity index (χ0) is 20.0. The zero-order valence-corrected chi connectivity index (χ0v) is 16.7. The lowest BCUT2D eigenvalue weighted by Gasteiger charge is -2.22. The van der Waals surface area contributed by atoms with Gasteiger partial charge in [-0.1, -0.05) is 12.1 Å². The minimum absolute atomic E-state index is 0.177. The first-order valence-electron chi connectivity index (χ1n) is 9.67. The summed E-state index contributed by atoms with van der Waals surface area (Å²) >= 11 is 1.61. The van der Waals surface area contributed by atoms with Crippen LogP contribution in [0.3, 0.4) is 0 Å². The number of aryl methyl sites for hydroxylation is 1. The normalized spacial score (nSPS) is 22.3. The molecule has 0 unspecified atom stereocenters. The van der Waals surface area contributed by atoms with Gasteiger partial charge >= 0.3 is 6.03 Å². The summed E-state index contributed by atoms with van der Waals surface area (Å²) in [6.45, 7) is 3.76. The molecule has 29 heavy (non-hydrogen) atoms. The number of piperidine rings is 1. The summed E-state index contributed by atoms with van der Waals surface area (Å²) in [4.78, 5) is 19.2. The largest absolute Gasteiger partial charge is 0.371 e. The summed E-state index contributed by atoms with van der Waals surface area (Å²) in [6.07, 6.45) is 0. The van der Waals surface area contributed by atoms with Crippen LogP contribution in [-0.4, -0.2) is 30.1 Å². The Balaban J connectivity index is 1.16. The number of hydrogen-bond donors (Lipinski definition) is 2. The van der Waals surface area contributed by atoms with E-state index in [1.165, 1.54) is 12.1 Å². The number of hydrogen-bond acceptors (Lipinski definition) is 4. The summed E-state index contributed by atoms with van der Waals surface area (Å²) in [5.41, 5.74) is 3.71. The zero-order valence-electron chi connectivity index (χ0n) is 15.9. The van der Waals surface area contributed by atoms with Crippen molar-refractivity contribution in [3.8, 4) is 11.3 Å². The van der Waals surface area contributed by atoms with Crippen LogP contribution in [0.5, 0.6) is 0 Å². The second-order valence-electron chi connectivity index (χ2n) is 7.67. The molecule has 148 valence electrons. The fourth-order valence-electron chi connectivity index (χ4n) is 4.17. The highest BCUT2D eigenvalue weighted by Crippen LogP contribution is 2.46. The maximum absolute atomic E-state index is 13.1. The van der Waals surface area contributed by atoms with E-state index in [-0.39, 0.29) is 17.9 Å². The number of carbonyl (C=O) groups excluding carboxylic acids is 1. The fourth-order valence-corrected chi connectivity index (χ4v) is 4.80. The van der Waals surface area contributed by atoms with Crippen molar-refractivity contribution in [2.45, 2.75) is 13.0 Å². The highest BCUT2D eigenvalue weighted by Gasteiger charge is 2.56. The van der Waals surface area contributed by atoms with Gasteiger partial charge in [-0.25, -0.2) is 14.2 Å². The number of urea groups is 1. The van der Waals surface area contributed by atoms with Gasteiger partial charge in [0.25, 0.3) is 0 Å². The van der Waals surface area contributed by atoms with Crippen molar-refractivity contribution in [2.75, 3.05) is 23.3 Å². The molecular formula is C22H21FN4OS. The van der Waals surface area contributed by atoms with Crippen LogP contribution in [0.1, 0.15) is 5.01 Å². The van der Waals surface area contributed by atoms with E-state index in [4.69, 9.17) is 0 Å². The van der Waals surface area contributed by atoms with Crippen molar-refractivity contribution < 1.29 is 9.18 Å². The van der Waals surface area contributed by atoms with Gasteiger partial charge in [0, 0.05) is 53.3 Å². The molecule has 2 amide bonds. The summed E-state index contributed by atoms with van der Waals surface area (Å²) in [5.74, 6) is 0.688. The lowest BCUT2D eigenvalue weighted by Crippen LogP contribution is -2.37. The minimum atomic E-state index is -0.219. The molecule has 1 saturated heterocycles. The monoisotopic (exact) mass is 408 g/mol. The van der Waals surface area contributed by atoms with Crippen molar-refractivity contribution in [1.82, 2.24) is 10.3 Å². The molecule has 2 fully saturated rings. The van der Waals surface area contributed by atoms with E-state index in [2.05, 4.69) is 20.5 Å². The molecule has 2 aliphatic rings. The molecule has 2 N–H and O–H groups in total. The first-order valence-corrected chi connectivity index (χ1v) is 10.6. The SMILES string of the molecule is Cc1nc(-c2cccc(NC(=O)N[C@H]3[C@@H]4CN(c5ccc(F)cc5)C[C@@H]43)c2)cs1. The Morgan fingerprint density at radius 3 is 2.62 bits per heavy atom. The van der Waals surface area contributed by atoms with E-state index in [1.54, 1.807) is 11.3 Å². The number of carbonyl (C=O) groups is 1. The molecule has 5 nitrogen and oxygen atoms in total. The Labute approximate surface area is 172 Å². The number of rotatable bonds is 4. The number of anilines is 2. The van der Waals surface area contributed by atoms with Gasteiger partial charge in [-0.3, -0.25) is 0 Å². The highest BCUT2D eigenvalue weighted by molar-refractivity contribution is 7.09. The van der Waals surface area contributed by atoms with Crippen LogP contribution in [0.25, 0.3) is 11.3 Å². The molecule has 0 bridgehead atoms. The predicted octanol–water partition coefficient (Wildman–Crippen LogP) is 4.51. The topological polar surface area (TPSA) is 57.3 Å². The third-order valence-corrected chi connectivity index (χ3v) is 6.49. The third kappa shape index (κ3) is 3.70. The summed E-state index contributed by atoms with van der Waals surface area (Å²) in [5, 5.41) is 9.08. The third-order valence-electron chi connectivity index (χ3n) is 5.72. The Kier molecular flexibility index (Phi) is 4.47. The fraction of sp³-hybridized carbons (Fsp3) is 0.273. The molecule has 1 aliphatic carbocycles. The van der Waals surface area contributed by atoms with Crippen LogP contribution < -0.4 is 15.5 Å². The smallest absolute Gasteiger partial charge is 0.319 e. The predicted molar refractivity (Wildman–Crippen MR) is 114 cm³/mol. The lowest BCUT2D eigenvalue weighted by molar-refractivity contribution is 0.250. The molecule has 1 saturated carbocycles. The van der Waals surface area contributed by atoms with E-state index in [0.717, 1.165) is 40.7 Å². The molecule has 0 spiro atoms. The van der Waals surface area contributed by atoms with Gasteiger partial charge in [-0.05, 0) is 43.3 Å². The number of amides is 2. The molecule has 0 radical (unpaired) electrons. The van der Waals surface area contributed by atoms with E-state index in [1.807, 2.05) is 48.7 Å². The van der Waals surface area contributed by atoms with Crippen molar-refractivity contribution in [1.29, 1.82) is 0 Å². The van der Waals surface area contributed by atoms with Crippen LogP contribution in [-0.2, 0) is 0 Å². The molecule has 3 aromatic rings. The first-order chi connectivity index (χ1) is 14.1. The average molecular weight is 409 g/mol. The Bertz CT molecular complexity index is 1040. The first kappa shape index (κ1) is 18.1. The van der Waals surface area contributed by atoms with Gasteiger partial charge in [0.05, 0.1) is 10.7 Å². The number of nitrogens with zero attached hydrogens (tertiary/aromatic N) is 2. The van der Waals surface area contributed by atoms with Gasteiger partial charge in [0.15, 0.2) is 0 Å². The van der Waals surface area contributed by atoms with Gasteiger partial charge < -0.3 is 15.5 Å². The Morgan fingerprint density at radius 1 is 1.17 bits per heavy atom. The summed E-state index contributed by atoms with van der Waals surface area (Å²) in [6, 6.07) is 14.4.